The summed E-state index contributed by atoms with van der Waals surface area (Å²) in [5.41, 5.74) is 8.42. The second-order valence-electron chi connectivity index (χ2n) is 7.37. The van der Waals surface area contributed by atoms with E-state index < -0.39 is 0 Å². The number of nitrogens with zero attached hydrogens (tertiary/aromatic N) is 6. The van der Waals surface area contributed by atoms with Crippen LogP contribution >= 0.6 is 0 Å². The SMILES string of the molecule is Cn1cnc2c(C#N)c(N3CCCC(N)C3)n(Cc3ccccc3C#N)c2c1=O. The van der Waals surface area contributed by atoms with Crippen LogP contribution < -0.4 is 16.2 Å². The third-order valence-electron chi connectivity index (χ3n) is 5.43. The van der Waals surface area contributed by atoms with E-state index in [1.165, 1.54) is 10.9 Å². The van der Waals surface area contributed by atoms with Gasteiger partial charge in [0, 0.05) is 26.2 Å². The Hall–Kier alpha value is -3.62. The fraction of sp³-hybridized carbons (Fsp3) is 0.333. The lowest BCUT2D eigenvalue weighted by Gasteiger charge is -2.33. The number of nitriles is 2. The zero-order valence-corrected chi connectivity index (χ0v) is 16.2. The molecule has 1 aliphatic rings. The first kappa shape index (κ1) is 18.7. The van der Waals surface area contributed by atoms with Crippen molar-refractivity contribution >= 4 is 16.9 Å². The number of nitrogens with two attached hydrogens (primary N) is 1. The van der Waals surface area contributed by atoms with E-state index in [-0.39, 0.29) is 11.6 Å². The van der Waals surface area contributed by atoms with E-state index in [9.17, 15) is 15.3 Å². The van der Waals surface area contributed by atoms with E-state index in [0.29, 0.717) is 41.1 Å². The molecule has 4 rings (SSSR count). The van der Waals surface area contributed by atoms with Crippen molar-refractivity contribution in [3.05, 3.63) is 57.6 Å². The van der Waals surface area contributed by atoms with Gasteiger partial charge in [0.05, 0.1) is 24.5 Å². The topological polar surface area (TPSA) is 117 Å². The largest absolute Gasteiger partial charge is 0.355 e. The minimum absolute atomic E-state index is 0.00365. The molecule has 1 atom stereocenters. The number of aryl methyl sites for hydroxylation is 1. The number of hydrogen-bond donors (Lipinski definition) is 1. The van der Waals surface area contributed by atoms with E-state index in [1.807, 2.05) is 22.8 Å². The highest BCUT2D eigenvalue weighted by molar-refractivity contribution is 5.89. The van der Waals surface area contributed by atoms with Crippen LogP contribution in [-0.2, 0) is 13.6 Å². The number of piperidine rings is 1. The molecule has 0 spiro atoms. The maximum absolute atomic E-state index is 13.0. The standard InChI is InChI=1S/C21H21N7O/c1-26-13-25-18-17(10-23)20(27-8-4-7-16(24)12-27)28(19(18)21(26)29)11-15-6-3-2-5-14(15)9-22/h2-3,5-6,13,16H,4,7-8,11-12,24H2,1H3. The second kappa shape index (κ2) is 7.42. The highest BCUT2D eigenvalue weighted by atomic mass is 16.1. The molecule has 2 aromatic heterocycles. The van der Waals surface area contributed by atoms with E-state index in [0.717, 1.165) is 24.9 Å². The number of fused-ring (bicyclic) bond motifs is 1. The molecule has 0 radical (unpaired) electrons. The van der Waals surface area contributed by atoms with Crippen LogP contribution in [0.25, 0.3) is 11.0 Å². The average molecular weight is 387 g/mol. The molecule has 3 aromatic rings. The smallest absolute Gasteiger partial charge is 0.277 e. The summed E-state index contributed by atoms with van der Waals surface area (Å²) in [5, 5.41) is 19.4. The second-order valence-corrected chi connectivity index (χ2v) is 7.37. The third kappa shape index (κ3) is 3.14. The van der Waals surface area contributed by atoms with E-state index in [4.69, 9.17) is 5.73 Å². The molecular formula is C21H21N7O. The number of rotatable bonds is 3. The summed E-state index contributed by atoms with van der Waals surface area (Å²) in [6.45, 7) is 1.65. The monoisotopic (exact) mass is 387 g/mol. The minimum atomic E-state index is -0.228. The molecule has 146 valence electrons. The van der Waals surface area contributed by atoms with Gasteiger partial charge in [0.2, 0.25) is 0 Å². The van der Waals surface area contributed by atoms with Gasteiger partial charge in [-0.15, -0.1) is 0 Å². The average Bonchev–Trinajstić information content (AvgIpc) is 3.05. The van der Waals surface area contributed by atoms with E-state index in [2.05, 4.69) is 22.0 Å². The van der Waals surface area contributed by atoms with Crippen molar-refractivity contribution in [3.63, 3.8) is 0 Å². The van der Waals surface area contributed by atoms with Crippen molar-refractivity contribution in [1.82, 2.24) is 14.1 Å². The first-order valence-corrected chi connectivity index (χ1v) is 9.51. The molecule has 8 heteroatoms. The molecule has 1 unspecified atom stereocenters. The normalized spacial score (nSPS) is 16.6. The molecule has 2 N–H and O–H groups in total. The number of aromatic nitrogens is 3. The van der Waals surface area contributed by atoms with Crippen molar-refractivity contribution < 1.29 is 0 Å². The van der Waals surface area contributed by atoms with Gasteiger partial charge in [0.1, 0.15) is 28.5 Å². The molecule has 1 aromatic carbocycles. The van der Waals surface area contributed by atoms with Gasteiger partial charge in [0.15, 0.2) is 0 Å². The molecular weight excluding hydrogens is 366 g/mol. The minimum Gasteiger partial charge on any atom is -0.355 e. The van der Waals surface area contributed by atoms with Gasteiger partial charge in [-0.05, 0) is 24.5 Å². The van der Waals surface area contributed by atoms with Gasteiger partial charge in [-0.3, -0.25) is 4.79 Å². The fourth-order valence-electron chi connectivity index (χ4n) is 4.02. The van der Waals surface area contributed by atoms with Gasteiger partial charge in [-0.2, -0.15) is 10.5 Å². The molecule has 1 fully saturated rings. The Labute approximate surface area is 168 Å². The van der Waals surface area contributed by atoms with Crippen LogP contribution in [0.3, 0.4) is 0 Å². The summed E-state index contributed by atoms with van der Waals surface area (Å²) in [5.74, 6) is 0.654. The number of anilines is 1. The summed E-state index contributed by atoms with van der Waals surface area (Å²) in [4.78, 5) is 19.5. The highest BCUT2D eigenvalue weighted by Crippen LogP contribution is 2.32. The van der Waals surface area contributed by atoms with Gasteiger partial charge < -0.3 is 19.8 Å². The van der Waals surface area contributed by atoms with Crippen molar-refractivity contribution in [1.29, 1.82) is 10.5 Å². The van der Waals surface area contributed by atoms with Gasteiger partial charge in [-0.25, -0.2) is 4.98 Å². The predicted molar refractivity (Wildman–Crippen MR) is 109 cm³/mol. The van der Waals surface area contributed by atoms with Crippen LogP contribution in [0.5, 0.6) is 0 Å². The summed E-state index contributed by atoms with van der Waals surface area (Å²) in [6.07, 6.45) is 3.27. The summed E-state index contributed by atoms with van der Waals surface area (Å²) < 4.78 is 3.24. The van der Waals surface area contributed by atoms with Gasteiger partial charge >= 0.3 is 0 Å². The van der Waals surface area contributed by atoms with Crippen LogP contribution in [0.15, 0.2) is 35.4 Å². The highest BCUT2D eigenvalue weighted by Gasteiger charge is 2.28. The maximum Gasteiger partial charge on any atom is 0.277 e. The van der Waals surface area contributed by atoms with Crippen LogP contribution in [0.4, 0.5) is 5.82 Å². The number of hydrogen-bond acceptors (Lipinski definition) is 6. The van der Waals surface area contributed by atoms with Crippen LogP contribution in [0.1, 0.15) is 29.5 Å². The van der Waals surface area contributed by atoms with Crippen molar-refractivity contribution in [3.8, 4) is 12.1 Å². The molecule has 0 amide bonds. The van der Waals surface area contributed by atoms with Crippen LogP contribution in [-0.4, -0.2) is 33.2 Å². The van der Waals surface area contributed by atoms with Crippen molar-refractivity contribution in [2.24, 2.45) is 12.8 Å². The summed E-state index contributed by atoms with van der Waals surface area (Å²) >= 11 is 0. The lowest BCUT2D eigenvalue weighted by Crippen LogP contribution is -2.44. The lowest BCUT2D eigenvalue weighted by molar-refractivity contribution is 0.498. The van der Waals surface area contributed by atoms with Crippen LogP contribution in [0.2, 0.25) is 0 Å². The van der Waals surface area contributed by atoms with E-state index in [1.54, 1.807) is 13.1 Å². The molecule has 1 saturated heterocycles. The number of benzene rings is 1. The fourth-order valence-corrected chi connectivity index (χ4v) is 4.02. The Morgan fingerprint density at radius 3 is 2.79 bits per heavy atom. The first-order valence-electron chi connectivity index (χ1n) is 9.51. The molecule has 8 nitrogen and oxygen atoms in total. The van der Waals surface area contributed by atoms with Crippen molar-refractivity contribution in [2.45, 2.75) is 25.4 Å². The Bertz CT molecular complexity index is 1220. The Morgan fingerprint density at radius 1 is 1.28 bits per heavy atom. The predicted octanol–water partition coefficient (Wildman–Crippen LogP) is 1.45. The van der Waals surface area contributed by atoms with Crippen LogP contribution in [0, 0.1) is 22.7 Å². The first-order chi connectivity index (χ1) is 14.0. The lowest BCUT2D eigenvalue weighted by atomic mass is 10.1. The summed E-state index contributed by atoms with van der Waals surface area (Å²) in [6, 6.07) is 11.7. The van der Waals surface area contributed by atoms with Crippen molar-refractivity contribution in [2.75, 3.05) is 18.0 Å². The zero-order chi connectivity index (χ0) is 20.5. The molecule has 0 bridgehead atoms. The molecule has 29 heavy (non-hydrogen) atoms. The molecule has 0 saturated carbocycles. The van der Waals surface area contributed by atoms with Gasteiger partial charge in [-0.1, -0.05) is 18.2 Å². The molecule has 1 aliphatic heterocycles. The molecule has 0 aliphatic carbocycles. The Morgan fingerprint density at radius 2 is 2.07 bits per heavy atom. The van der Waals surface area contributed by atoms with Gasteiger partial charge in [0.25, 0.3) is 5.56 Å². The zero-order valence-electron chi connectivity index (χ0n) is 16.2. The molecule has 3 heterocycles. The Kier molecular flexibility index (Phi) is 4.79. The third-order valence-corrected chi connectivity index (χ3v) is 5.43. The Balaban J connectivity index is 2.01. The maximum atomic E-state index is 13.0. The summed E-state index contributed by atoms with van der Waals surface area (Å²) in [7, 11) is 1.64. The quantitative estimate of drug-likeness (QED) is 0.727. The van der Waals surface area contributed by atoms with E-state index >= 15 is 0 Å².